The minimum Gasteiger partial charge on any atom is -0.485 e. The van der Waals surface area contributed by atoms with Gasteiger partial charge in [-0.3, -0.25) is 9.59 Å². The van der Waals surface area contributed by atoms with Gasteiger partial charge >= 0.3 is 5.97 Å². The highest BCUT2D eigenvalue weighted by Gasteiger charge is 2.45. The van der Waals surface area contributed by atoms with Crippen molar-refractivity contribution in [3.8, 4) is 11.5 Å². The van der Waals surface area contributed by atoms with Crippen LogP contribution in [0.2, 0.25) is 0 Å². The van der Waals surface area contributed by atoms with Crippen LogP contribution >= 0.6 is 0 Å². The van der Waals surface area contributed by atoms with Gasteiger partial charge < -0.3 is 54.4 Å². The number of aryl methyl sites for hydroxylation is 1. The molecule has 0 saturated carbocycles. The molecule has 2 aromatic rings. The van der Waals surface area contributed by atoms with Gasteiger partial charge in [0.2, 0.25) is 17.9 Å². The summed E-state index contributed by atoms with van der Waals surface area (Å²) in [6.07, 6.45) is -5.51. The molecule has 6 N–H and O–H groups in total. The van der Waals surface area contributed by atoms with E-state index in [0.29, 0.717) is 36.0 Å². The van der Waals surface area contributed by atoms with Gasteiger partial charge in [0.25, 0.3) is 0 Å². The normalized spacial score (nSPS) is 27.0. The van der Waals surface area contributed by atoms with Crippen molar-refractivity contribution in [2.24, 2.45) is 0 Å². The van der Waals surface area contributed by atoms with Crippen molar-refractivity contribution in [3.05, 3.63) is 23.5 Å². The number of hydrogen-bond donors (Lipinski definition) is 6. The molecule has 1 aromatic heterocycles. The molecule has 0 bridgehead atoms. The monoisotopic (exact) mass is 552 g/mol. The largest absolute Gasteiger partial charge is 0.485 e. The Morgan fingerprint density at radius 1 is 1.21 bits per heavy atom. The van der Waals surface area contributed by atoms with Gasteiger partial charge in [0.05, 0.1) is 19.5 Å². The summed E-state index contributed by atoms with van der Waals surface area (Å²) in [5.74, 6) is -0.327. The van der Waals surface area contributed by atoms with E-state index >= 15 is 0 Å². The molecule has 4 rings (SSSR count). The third-order valence-corrected chi connectivity index (χ3v) is 6.88. The van der Waals surface area contributed by atoms with Gasteiger partial charge in [-0.05, 0) is 32.0 Å². The van der Waals surface area contributed by atoms with Crippen LogP contribution in [0, 0.1) is 0 Å². The Labute approximate surface area is 225 Å². The first kappa shape index (κ1) is 29.1. The molecular weight excluding hydrogens is 516 g/mol. The van der Waals surface area contributed by atoms with Crippen LogP contribution in [0.25, 0.3) is 11.0 Å². The van der Waals surface area contributed by atoms with Crippen LogP contribution in [0.1, 0.15) is 36.8 Å². The highest BCUT2D eigenvalue weighted by atomic mass is 16.7. The molecule has 1 amide bonds. The van der Waals surface area contributed by atoms with Crippen LogP contribution in [0.4, 0.5) is 0 Å². The lowest BCUT2D eigenvalue weighted by molar-refractivity contribution is -0.277. The molecule has 13 nitrogen and oxygen atoms in total. The number of amides is 1. The summed E-state index contributed by atoms with van der Waals surface area (Å²) in [6, 6.07) is 1.78. The summed E-state index contributed by atoms with van der Waals surface area (Å²) >= 11 is 0. The van der Waals surface area contributed by atoms with Gasteiger partial charge in [0, 0.05) is 42.8 Å². The quantitative estimate of drug-likeness (QED) is 0.144. The standard InChI is InChI=1S/C26H36N2O11/c1-3-35-19(31)5-4-13-8-15-16(14-9-18(30)28-10-14)12-37-24(15)25(36-7-6-27-2)23(13)39-26-22(34)21(33)20(32)17(11-29)38-26/h8,12,14,17,20-22,26-27,29,32-34H,3-7,9-11H2,1-2H3,(H,28,30)/t14-,17-,20-,21+,22-,26-/m1/s1. The molecule has 216 valence electrons. The second-order valence-corrected chi connectivity index (χ2v) is 9.54. The van der Waals surface area contributed by atoms with Crippen LogP contribution in [0.15, 0.2) is 16.7 Å². The Morgan fingerprint density at radius 2 is 2.00 bits per heavy atom. The number of benzene rings is 1. The number of likely N-dealkylation sites (N-methyl/N-ethyl adjacent to an activating group) is 1. The lowest BCUT2D eigenvalue weighted by Gasteiger charge is -2.39. The number of ether oxygens (including phenoxy) is 4. The lowest BCUT2D eigenvalue weighted by Crippen LogP contribution is -2.60. The van der Waals surface area contributed by atoms with Crippen LogP contribution in [0.5, 0.6) is 11.5 Å². The maximum atomic E-state index is 12.2. The Bertz CT molecular complexity index is 1150. The molecular formula is C26H36N2O11. The third-order valence-electron chi connectivity index (χ3n) is 6.88. The summed E-state index contributed by atoms with van der Waals surface area (Å²) in [5.41, 5.74) is 1.63. The number of carbonyl (C=O) groups excluding carboxylic acids is 2. The van der Waals surface area contributed by atoms with E-state index in [-0.39, 0.29) is 49.4 Å². The molecule has 0 spiro atoms. The molecule has 2 saturated heterocycles. The van der Waals surface area contributed by atoms with Crippen molar-refractivity contribution in [2.75, 3.05) is 40.0 Å². The zero-order valence-corrected chi connectivity index (χ0v) is 21.9. The fourth-order valence-corrected chi connectivity index (χ4v) is 4.79. The smallest absolute Gasteiger partial charge is 0.306 e. The van der Waals surface area contributed by atoms with E-state index in [2.05, 4.69) is 10.6 Å². The fourth-order valence-electron chi connectivity index (χ4n) is 4.79. The number of esters is 1. The second kappa shape index (κ2) is 12.9. The zero-order valence-electron chi connectivity index (χ0n) is 21.9. The van der Waals surface area contributed by atoms with Crippen molar-refractivity contribution >= 4 is 22.8 Å². The lowest BCUT2D eigenvalue weighted by atomic mass is 9.95. The number of furan rings is 1. The van der Waals surface area contributed by atoms with Gasteiger partial charge in [0.15, 0.2) is 11.3 Å². The van der Waals surface area contributed by atoms with E-state index in [4.69, 9.17) is 23.4 Å². The zero-order chi connectivity index (χ0) is 28.1. The van der Waals surface area contributed by atoms with Crippen molar-refractivity contribution in [1.82, 2.24) is 10.6 Å². The number of nitrogens with one attached hydrogen (secondary N) is 2. The molecule has 6 atom stereocenters. The van der Waals surface area contributed by atoms with E-state index < -0.39 is 43.3 Å². The summed E-state index contributed by atoms with van der Waals surface area (Å²) in [4.78, 5) is 24.1. The predicted molar refractivity (Wildman–Crippen MR) is 135 cm³/mol. The van der Waals surface area contributed by atoms with Gasteiger partial charge in [0.1, 0.15) is 31.0 Å². The molecule has 0 unspecified atom stereocenters. The van der Waals surface area contributed by atoms with Crippen molar-refractivity contribution in [1.29, 1.82) is 0 Å². The molecule has 2 aliphatic rings. The minimum absolute atomic E-state index is 0.0109. The first-order chi connectivity index (χ1) is 18.8. The van der Waals surface area contributed by atoms with E-state index in [1.165, 1.54) is 0 Å². The summed E-state index contributed by atoms with van der Waals surface area (Å²) in [7, 11) is 1.76. The topological polar surface area (TPSA) is 189 Å². The minimum atomic E-state index is -1.66. The molecule has 3 heterocycles. The highest BCUT2D eigenvalue weighted by Crippen LogP contribution is 2.45. The summed E-state index contributed by atoms with van der Waals surface area (Å²) in [5, 5.41) is 47.2. The molecule has 0 radical (unpaired) electrons. The molecule has 2 aliphatic heterocycles. The van der Waals surface area contributed by atoms with Crippen molar-refractivity contribution in [3.63, 3.8) is 0 Å². The predicted octanol–water partition coefficient (Wildman–Crippen LogP) is -0.691. The Hall–Kier alpha value is -2.94. The first-order valence-electron chi connectivity index (χ1n) is 13.0. The van der Waals surface area contributed by atoms with Crippen LogP contribution in [-0.2, 0) is 25.5 Å². The van der Waals surface area contributed by atoms with E-state index in [9.17, 15) is 30.0 Å². The summed E-state index contributed by atoms with van der Waals surface area (Å²) < 4.78 is 28.8. The highest BCUT2D eigenvalue weighted by molar-refractivity contribution is 5.92. The third kappa shape index (κ3) is 6.29. The average Bonchev–Trinajstić information content (AvgIpc) is 3.54. The van der Waals surface area contributed by atoms with Gasteiger partial charge in [-0.1, -0.05) is 0 Å². The number of carbonyl (C=O) groups is 2. The average molecular weight is 553 g/mol. The number of rotatable bonds is 12. The first-order valence-corrected chi connectivity index (χ1v) is 13.0. The maximum Gasteiger partial charge on any atom is 0.306 e. The number of fused-ring (bicyclic) bond motifs is 1. The Morgan fingerprint density at radius 3 is 2.67 bits per heavy atom. The number of aliphatic hydroxyl groups excluding tert-OH is 4. The second-order valence-electron chi connectivity index (χ2n) is 9.54. The Kier molecular flexibility index (Phi) is 9.64. The van der Waals surface area contributed by atoms with Gasteiger partial charge in [-0.25, -0.2) is 0 Å². The molecule has 0 aliphatic carbocycles. The number of aliphatic hydroxyl groups is 4. The fraction of sp³-hybridized carbons (Fsp3) is 0.615. The van der Waals surface area contributed by atoms with Gasteiger partial charge in [-0.15, -0.1) is 0 Å². The molecule has 39 heavy (non-hydrogen) atoms. The molecule has 2 fully saturated rings. The van der Waals surface area contributed by atoms with Crippen LogP contribution < -0.4 is 20.1 Å². The van der Waals surface area contributed by atoms with Crippen molar-refractivity contribution < 1.29 is 53.4 Å². The van der Waals surface area contributed by atoms with E-state index in [0.717, 1.165) is 5.56 Å². The van der Waals surface area contributed by atoms with Gasteiger partial charge in [-0.2, -0.15) is 0 Å². The summed E-state index contributed by atoms with van der Waals surface area (Å²) in [6.45, 7) is 2.44. The van der Waals surface area contributed by atoms with Crippen molar-refractivity contribution in [2.45, 2.75) is 62.8 Å². The van der Waals surface area contributed by atoms with E-state index in [1.54, 1.807) is 26.3 Å². The number of hydrogen-bond acceptors (Lipinski definition) is 12. The molecule has 13 heteroatoms. The molecule has 1 aromatic carbocycles. The SMILES string of the molecule is CCOC(=O)CCc1cc2c([C@H]3CNC(=O)C3)coc2c(OCCNC)c1O[C@H]1O[C@H](CO)[C@@H](O)[C@H](O)[C@H]1O. The van der Waals surface area contributed by atoms with E-state index in [1.807, 2.05) is 0 Å². The van der Waals surface area contributed by atoms with Crippen LogP contribution in [-0.4, -0.2) is 103 Å². The Balaban J connectivity index is 1.79. The van der Waals surface area contributed by atoms with Crippen LogP contribution in [0.3, 0.4) is 0 Å². The maximum absolute atomic E-state index is 12.2.